The topological polar surface area (TPSA) is 42.9 Å². The number of aromatic nitrogens is 2. The molecule has 0 fully saturated rings. The summed E-state index contributed by atoms with van der Waals surface area (Å²) in [4.78, 5) is 14.8. The summed E-state index contributed by atoms with van der Waals surface area (Å²) in [5.41, 5.74) is 2.30. The highest BCUT2D eigenvalue weighted by atomic mass is 32.2. The van der Waals surface area contributed by atoms with Crippen LogP contribution in [-0.2, 0) is 0 Å². The van der Waals surface area contributed by atoms with Crippen molar-refractivity contribution in [2.45, 2.75) is 18.9 Å². The van der Waals surface area contributed by atoms with E-state index in [0.717, 1.165) is 36.7 Å². The molecule has 140 valence electrons. The molecule has 3 nitrogen and oxygen atoms in total. The molecular formula is C22H17FN2OS2. The molecular weight excluding hydrogens is 391 g/mol. The lowest BCUT2D eigenvalue weighted by molar-refractivity contribution is 0.102. The molecule has 0 aliphatic heterocycles. The Morgan fingerprint density at radius 3 is 2.43 bits per heavy atom. The van der Waals surface area contributed by atoms with Crippen LogP contribution in [0.15, 0.2) is 59.6 Å². The van der Waals surface area contributed by atoms with Crippen LogP contribution in [-0.4, -0.2) is 21.7 Å². The first kappa shape index (κ1) is 18.8. The van der Waals surface area contributed by atoms with E-state index in [1.165, 1.54) is 23.9 Å². The molecule has 2 aromatic carbocycles. The van der Waals surface area contributed by atoms with Gasteiger partial charge in [0, 0.05) is 31.7 Å². The van der Waals surface area contributed by atoms with Crippen LogP contribution in [0, 0.1) is 19.7 Å². The predicted molar refractivity (Wildman–Crippen MR) is 114 cm³/mol. The van der Waals surface area contributed by atoms with Crippen molar-refractivity contribution in [2.24, 2.45) is 0 Å². The van der Waals surface area contributed by atoms with Crippen LogP contribution in [0.3, 0.4) is 0 Å². The number of nitrogens with zero attached hydrogens (tertiary/aromatic N) is 2. The van der Waals surface area contributed by atoms with E-state index in [-0.39, 0.29) is 11.6 Å². The first-order valence-electron chi connectivity index (χ1n) is 8.77. The maximum Gasteiger partial charge on any atom is 0.174 e. The molecule has 28 heavy (non-hydrogen) atoms. The first-order chi connectivity index (χ1) is 13.5. The summed E-state index contributed by atoms with van der Waals surface area (Å²) in [5, 5.41) is 11.3. The lowest BCUT2D eigenvalue weighted by Crippen LogP contribution is -2.03. The molecule has 0 N–H and O–H groups in total. The number of carbonyl (C=O) groups excluding carboxylic acids is 1. The Morgan fingerprint density at radius 2 is 1.75 bits per heavy atom. The van der Waals surface area contributed by atoms with Crippen LogP contribution < -0.4 is 0 Å². The zero-order valence-corrected chi connectivity index (χ0v) is 17.0. The quantitative estimate of drug-likeness (QED) is 0.296. The van der Waals surface area contributed by atoms with Crippen LogP contribution in [0.2, 0.25) is 0 Å². The van der Waals surface area contributed by atoms with Crippen LogP contribution in [0.5, 0.6) is 0 Å². The van der Waals surface area contributed by atoms with Crippen LogP contribution in [0.4, 0.5) is 4.39 Å². The average molecular weight is 409 g/mol. The zero-order chi connectivity index (χ0) is 19.7. The molecule has 0 saturated heterocycles. The molecule has 0 aliphatic carbocycles. The Hall–Kier alpha value is -2.57. The molecule has 0 radical (unpaired) electrons. The highest BCUT2D eigenvalue weighted by molar-refractivity contribution is 8.00. The minimum absolute atomic E-state index is 0.0975. The number of aryl methyl sites for hydroxylation is 2. The number of halogens is 1. The third-order valence-corrected chi connectivity index (χ3v) is 6.40. The number of rotatable bonds is 5. The molecule has 2 aromatic heterocycles. The number of carbonyl (C=O) groups is 1. The number of ketones is 1. The van der Waals surface area contributed by atoms with Gasteiger partial charge in [0.1, 0.15) is 16.5 Å². The molecule has 0 aliphatic rings. The van der Waals surface area contributed by atoms with Crippen molar-refractivity contribution >= 4 is 39.7 Å². The molecule has 0 amide bonds. The van der Waals surface area contributed by atoms with Crippen molar-refractivity contribution in [3.05, 3.63) is 75.7 Å². The zero-order valence-electron chi connectivity index (χ0n) is 15.4. The number of thioether (sulfide) groups is 1. The van der Waals surface area contributed by atoms with E-state index in [0.29, 0.717) is 11.4 Å². The van der Waals surface area contributed by atoms with Gasteiger partial charge in [-0.05, 0) is 44.2 Å². The third-order valence-electron chi connectivity index (χ3n) is 4.45. The van der Waals surface area contributed by atoms with Crippen molar-refractivity contribution in [1.82, 2.24) is 10.2 Å². The van der Waals surface area contributed by atoms with Gasteiger partial charge in [-0.15, -0.1) is 21.5 Å². The van der Waals surface area contributed by atoms with Gasteiger partial charge in [-0.25, -0.2) is 4.39 Å². The summed E-state index contributed by atoms with van der Waals surface area (Å²) in [6.45, 7) is 3.98. The summed E-state index contributed by atoms with van der Waals surface area (Å²) in [6.07, 6.45) is 0. The van der Waals surface area contributed by atoms with Crippen molar-refractivity contribution in [3.63, 3.8) is 0 Å². The van der Waals surface area contributed by atoms with Gasteiger partial charge >= 0.3 is 0 Å². The lowest BCUT2D eigenvalue weighted by atomic mass is 10.1. The fourth-order valence-corrected chi connectivity index (χ4v) is 4.92. The fourth-order valence-electron chi connectivity index (χ4n) is 3.13. The first-order valence-corrected chi connectivity index (χ1v) is 10.6. The summed E-state index contributed by atoms with van der Waals surface area (Å²) >= 11 is 3.04. The summed E-state index contributed by atoms with van der Waals surface area (Å²) < 4.78 is 13.3. The molecule has 0 atom stereocenters. The number of Topliss-reactive ketones (excluding diaryl/α,β-unsaturated/α-hetero) is 1. The minimum Gasteiger partial charge on any atom is -0.293 e. The highest BCUT2D eigenvalue weighted by Crippen LogP contribution is 2.32. The standard InChI is InChI=1S/C22H17FN2OS2/c1-13-11-19(14(2)28-13)20(26)12-27-22-18-6-4-3-5-17(18)21(24-25-22)15-7-9-16(23)10-8-15/h3-11H,12H2,1-2H3. The van der Waals surface area contributed by atoms with Crippen molar-refractivity contribution in [1.29, 1.82) is 0 Å². The molecule has 4 rings (SSSR count). The number of benzene rings is 2. The monoisotopic (exact) mass is 408 g/mol. The molecule has 2 heterocycles. The van der Waals surface area contributed by atoms with Gasteiger partial charge in [0.25, 0.3) is 0 Å². The van der Waals surface area contributed by atoms with E-state index in [2.05, 4.69) is 10.2 Å². The van der Waals surface area contributed by atoms with Crippen LogP contribution in [0.25, 0.3) is 22.0 Å². The summed E-state index contributed by atoms with van der Waals surface area (Å²) in [7, 11) is 0. The smallest absolute Gasteiger partial charge is 0.174 e. The van der Waals surface area contributed by atoms with E-state index >= 15 is 0 Å². The number of hydrogen-bond acceptors (Lipinski definition) is 5. The van der Waals surface area contributed by atoms with E-state index < -0.39 is 0 Å². The molecule has 0 unspecified atom stereocenters. The van der Waals surface area contributed by atoms with Gasteiger partial charge in [0.05, 0.1) is 5.75 Å². The second-order valence-corrected chi connectivity index (χ2v) is 8.87. The lowest BCUT2D eigenvalue weighted by Gasteiger charge is -2.09. The molecule has 0 bridgehead atoms. The van der Waals surface area contributed by atoms with E-state index in [1.54, 1.807) is 23.5 Å². The second-order valence-electron chi connectivity index (χ2n) is 6.44. The Labute approximate surface area is 170 Å². The van der Waals surface area contributed by atoms with Crippen molar-refractivity contribution in [2.75, 3.05) is 5.75 Å². The third kappa shape index (κ3) is 3.70. The summed E-state index contributed by atoms with van der Waals surface area (Å²) in [5.74, 6) is 0.122. The van der Waals surface area contributed by atoms with Gasteiger partial charge < -0.3 is 0 Å². The second kappa shape index (κ2) is 7.81. The van der Waals surface area contributed by atoms with Crippen LogP contribution >= 0.6 is 23.1 Å². The largest absolute Gasteiger partial charge is 0.293 e. The van der Waals surface area contributed by atoms with Gasteiger partial charge in [0.15, 0.2) is 5.78 Å². The van der Waals surface area contributed by atoms with Crippen LogP contribution in [0.1, 0.15) is 20.1 Å². The molecule has 0 saturated carbocycles. The SMILES string of the molecule is Cc1cc(C(=O)CSc2nnc(-c3ccc(F)cc3)c3ccccc23)c(C)s1. The normalized spacial score (nSPS) is 11.1. The molecule has 0 spiro atoms. The Morgan fingerprint density at radius 1 is 1.04 bits per heavy atom. The highest BCUT2D eigenvalue weighted by Gasteiger charge is 2.16. The predicted octanol–water partition coefficient (Wildman–Crippen LogP) is 6.09. The maximum atomic E-state index is 13.3. The Balaban J connectivity index is 1.65. The Bertz CT molecular complexity index is 1170. The molecule has 6 heteroatoms. The van der Waals surface area contributed by atoms with Gasteiger partial charge in [-0.2, -0.15) is 0 Å². The number of hydrogen-bond donors (Lipinski definition) is 0. The van der Waals surface area contributed by atoms with Gasteiger partial charge in [0.2, 0.25) is 0 Å². The van der Waals surface area contributed by atoms with E-state index in [4.69, 9.17) is 0 Å². The van der Waals surface area contributed by atoms with Gasteiger partial charge in [-0.1, -0.05) is 36.0 Å². The number of thiophene rings is 1. The molecule has 4 aromatic rings. The minimum atomic E-state index is -0.286. The van der Waals surface area contributed by atoms with Gasteiger partial charge in [-0.3, -0.25) is 4.79 Å². The van der Waals surface area contributed by atoms with Crippen molar-refractivity contribution in [3.8, 4) is 11.3 Å². The number of fused-ring (bicyclic) bond motifs is 1. The van der Waals surface area contributed by atoms with E-state index in [9.17, 15) is 9.18 Å². The fraction of sp³-hybridized carbons (Fsp3) is 0.136. The van der Waals surface area contributed by atoms with E-state index in [1.807, 2.05) is 44.2 Å². The average Bonchev–Trinajstić information content (AvgIpc) is 3.05. The van der Waals surface area contributed by atoms with Crippen molar-refractivity contribution < 1.29 is 9.18 Å². The summed E-state index contributed by atoms with van der Waals surface area (Å²) in [6, 6.07) is 16.0. The maximum absolute atomic E-state index is 13.3. The Kier molecular flexibility index (Phi) is 5.24.